The van der Waals surface area contributed by atoms with Gasteiger partial charge in [0, 0.05) is 6.20 Å². The zero-order chi connectivity index (χ0) is 15.8. The lowest BCUT2D eigenvalue weighted by Crippen LogP contribution is -2.25. The van der Waals surface area contributed by atoms with Crippen LogP contribution in [-0.4, -0.2) is 30.3 Å². The van der Waals surface area contributed by atoms with Crippen molar-refractivity contribution in [3.63, 3.8) is 0 Å². The number of hydrazone groups is 1. The molecule has 0 atom stereocenters. The Morgan fingerprint density at radius 2 is 1.91 bits per heavy atom. The van der Waals surface area contributed by atoms with E-state index in [1.165, 1.54) is 0 Å². The third-order valence-corrected chi connectivity index (χ3v) is 2.81. The van der Waals surface area contributed by atoms with Crippen LogP contribution in [0.2, 0.25) is 0 Å². The van der Waals surface area contributed by atoms with Gasteiger partial charge in [0.25, 0.3) is 5.91 Å². The Labute approximate surface area is 128 Å². The molecule has 1 aromatic carbocycles. The highest BCUT2D eigenvalue weighted by Crippen LogP contribution is 2.25. The predicted molar refractivity (Wildman–Crippen MR) is 83.1 cm³/mol. The number of hydrogen-bond acceptors (Lipinski definition) is 5. The lowest BCUT2D eigenvalue weighted by Gasteiger charge is -2.09. The van der Waals surface area contributed by atoms with Gasteiger partial charge < -0.3 is 9.47 Å². The number of nitrogens with zero attached hydrogens (tertiary/aromatic N) is 2. The average Bonchev–Trinajstić information content (AvgIpc) is 2.58. The summed E-state index contributed by atoms with van der Waals surface area (Å²) >= 11 is 0. The van der Waals surface area contributed by atoms with Crippen LogP contribution in [0.4, 0.5) is 0 Å². The summed E-state index contributed by atoms with van der Waals surface area (Å²) in [5, 5.41) is 3.99. The number of aromatic nitrogens is 1. The van der Waals surface area contributed by atoms with Gasteiger partial charge in [-0.05, 0) is 31.2 Å². The minimum absolute atomic E-state index is 0.153. The number of methoxy groups -OCH3 is 1. The van der Waals surface area contributed by atoms with Crippen molar-refractivity contribution in [2.45, 2.75) is 6.92 Å². The standard InChI is InChI=1S/C16H17N3O3/c1-12(13-7-5-6-10-17-13)18-19-16(20)11-22-15-9-4-3-8-14(15)21-2/h3-10H,11H2,1-2H3,(H,19,20)/b18-12-. The van der Waals surface area contributed by atoms with Crippen molar-refractivity contribution in [1.29, 1.82) is 0 Å². The third-order valence-electron chi connectivity index (χ3n) is 2.81. The number of hydrogen-bond donors (Lipinski definition) is 1. The molecule has 1 amide bonds. The van der Waals surface area contributed by atoms with Crippen molar-refractivity contribution in [1.82, 2.24) is 10.4 Å². The van der Waals surface area contributed by atoms with E-state index in [0.29, 0.717) is 22.9 Å². The SMILES string of the molecule is COc1ccccc1OCC(=O)N/N=C(/C)c1ccccn1. The van der Waals surface area contributed by atoms with E-state index in [-0.39, 0.29) is 12.5 Å². The van der Waals surface area contributed by atoms with Crippen LogP contribution >= 0.6 is 0 Å². The molecule has 0 aliphatic carbocycles. The molecule has 0 bridgehead atoms. The number of rotatable bonds is 6. The zero-order valence-corrected chi connectivity index (χ0v) is 12.4. The lowest BCUT2D eigenvalue weighted by atomic mass is 10.3. The summed E-state index contributed by atoms with van der Waals surface area (Å²) < 4.78 is 10.5. The number of amides is 1. The van der Waals surface area contributed by atoms with Crippen molar-refractivity contribution in [3.8, 4) is 11.5 Å². The second-order valence-corrected chi connectivity index (χ2v) is 4.39. The van der Waals surface area contributed by atoms with Crippen LogP contribution in [0.1, 0.15) is 12.6 Å². The Bertz CT molecular complexity index is 657. The maximum atomic E-state index is 11.7. The van der Waals surface area contributed by atoms with Gasteiger partial charge in [0.1, 0.15) is 0 Å². The van der Waals surface area contributed by atoms with E-state index in [2.05, 4.69) is 15.5 Å². The third kappa shape index (κ3) is 4.31. The molecule has 1 N–H and O–H groups in total. The van der Waals surface area contributed by atoms with Gasteiger partial charge in [0.05, 0.1) is 18.5 Å². The molecular weight excluding hydrogens is 282 g/mol. The number of ether oxygens (including phenoxy) is 2. The number of nitrogens with one attached hydrogen (secondary N) is 1. The topological polar surface area (TPSA) is 72.8 Å². The van der Waals surface area contributed by atoms with Crippen LogP contribution in [0.3, 0.4) is 0 Å². The number of para-hydroxylation sites is 2. The van der Waals surface area contributed by atoms with Crippen molar-refractivity contribution >= 4 is 11.6 Å². The predicted octanol–water partition coefficient (Wildman–Crippen LogP) is 2.01. The van der Waals surface area contributed by atoms with E-state index in [1.807, 2.05) is 24.3 Å². The van der Waals surface area contributed by atoms with Crippen LogP contribution in [0.25, 0.3) is 0 Å². The molecule has 0 aliphatic rings. The molecule has 0 unspecified atom stereocenters. The first-order valence-corrected chi connectivity index (χ1v) is 6.71. The Morgan fingerprint density at radius 1 is 1.18 bits per heavy atom. The normalized spacial score (nSPS) is 10.9. The second kappa shape index (κ2) is 7.78. The summed E-state index contributed by atoms with van der Waals surface area (Å²) in [6.07, 6.45) is 1.67. The molecule has 0 saturated carbocycles. The summed E-state index contributed by atoms with van der Waals surface area (Å²) in [5.74, 6) is 0.718. The largest absolute Gasteiger partial charge is 0.493 e. The zero-order valence-electron chi connectivity index (χ0n) is 12.4. The van der Waals surface area contributed by atoms with Crippen LogP contribution in [0.15, 0.2) is 53.8 Å². The highest BCUT2D eigenvalue weighted by Gasteiger charge is 2.06. The van der Waals surface area contributed by atoms with E-state index in [0.717, 1.165) is 0 Å². The second-order valence-electron chi connectivity index (χ2n) is 4.39. The minimum atomic E-state index is -0.360. The summed E-state index contributed by atoms with van der Waals surface area (Å²) in [6, 6.07) is 12.6. The number of benzene rings is 1. The molecule has 2 rings (SSSR count). The fourth-order valence-corrected chi connectivity index (χ4v) is 1.69. The van der Waals surface area contributed by atoms with Gasteiger partial charge in [0.15, 0.2) is 18.1 Å². The molecule has 0 radical (unpaired) electrons. The fourth-order valence-electron chi connectivity index (χ4n) is 1.69. The van der Waals surface area contributed by atoms with Crippen molar-refractivity contribution < 1.29 is 14.3 Å². The molecule has 0 fully saturated rings. The molecule has 2 aromatic rings. The fraction of sp³-hybridized carbons (Fsp3) is 0.188. The van der Waals surface area contributed by atoms with Gasteiger partial charge in [-0.1, -0.05) is 18.2 Å². The maximum Gasteiger partial charge on any atom is 0.277 e. The molecule has 6 heteroatoms. The maximum absolute atomic E-state index is 11.7. The number of pyridine rings is 1. The minimum Gasteiger partial charge on any atom is -0.493 e. The quantitative estimate of drug-likeness (QED) is 0.654. The molecule has 0 aliphatic heterocycles. The lowest BCUT2D eigenvalue weighted by molar-refractivity contribution is -0.123. The Hall–Kier alpha value is -2.89. The average molecular weight is 299 g/mol. The van der Waals surface area contributed by atoms with Crippen LogP contribution in [0, 0.1) is 0 Å². The summed E-state index contributed by atoms with van der Waals surface area (Å²) in [6.45, 7) is 1.61. The van der Waals surface area contributed by atoms with Crippen molar-refractivity contribution in [3.05, 3.63) is 54.4 Å². The molecule has 22 heavy (non-hydrogen) atoms. The van der Waals surface area contributed by atoms with Gasteiger partial charge in [-0.25, -0.2) is 5.43 Å². The van der Waals surface area contributed by atoms with Crippen molar-refractivity contribution in [2.24, 2.45) is 5.10 Å². The van der Waals surface area contributed by atoms with Gasteiger partial charge in [0.2, 0.25) is 0 Å². The Morgan fingerprint density at radius 3 is 2.59 bits per heavy atom. The smallest absolute Gasteiger partial charge is 0.277 e. The van der Waals surface area contributed by atoms with E-state index in [4.69, 9.17) is 9.47 Å². The molecule has 0 spiro atoms. The summed E-state index contributed by atoms with van der Waals surface area (Å²) in [5.41, 5.74) is 3.75. The van der Waals surface area contributed by atoms with Crippen LogP contribution in [-0.2, 0) is 4.79 Å². The number of carbonyl (C=O) groups excluding carboxylic acids is 1. The van der Waals surface area contributed by atoms with E-state index < -0.39 is 0 Å². The Kier molecular flexibility index (Phi) is 5.48. The monoisotopic (exact) mass is 299 g/mol. The van der Waals surface area contributed by atoms with Crippen LogP contribution < -0.4 is 14.9 Å². The first kappa shape index (κ1) is 15.5. The first-order chi connectivity index (χ1) is 10.7. The Balaban J connectivity index is 1.88. The van der Waals surface area contributed by atoms with Gasteiger partial charge >= 0.3 is 0 Å². The van der Waals surface area contributed by atoms with Gasteiger partial charge in [-0.2, -0.15) is 5.10 Å². The first-order valence-electron chi connectivity index (χ1n) is 6.71. The summed E-state index contributed by atoms with van der Waals surface area (Å²) in [7, 11) is 1.54. The molecule has 1 aromatic heterocycles. The molecule has 1 heterocycles. The molecule has 6 nitrogen and oxygen atoms in total. The van der Waals surface area contributed by atoms with E-state index in [9.17, 15) is 4.79 Å². The van der Waals surface area contributed by atoms with Gasteiger partial charge in [-0.3, -0.25) is 9.78 Å². The van der Waals surface area contributed by atoms with E-state index in [1.54, 1.807) is 38.4 Å². The molecule has 114 valence electrons. The van der Waals surface area contributed by atoms with Crippen molar-refractivity contribution in [2.75, 3.05) is 13.7 Å². The summed E-state index contributed by atoms with van der Waals surface area (Å²) in [4.78, 5) is 15.9. The molecular formula is C16H17N3O3. The number of carbonyl (C=O) groups is 1. The highest BCUT2D eigenvalue weighted by atomic mass is 16.5. The molecule has 0 saturated heterocycles. The van der Waals surface area contributed by atoms with Gasteiger partial charge in [-0.15, -0.1) is 0 Å². The van der Waals surface area contributed by atoms with E-state index >= 15 is 0 Å². The highest BCUT2D eigenvalue weighted by molar-refractivity contribution is 5.97. The van der Waals surface area contributed by atoms with Crippen LogP contribution in [0.5, 0.6) is 11.5 Å².